The Morgan fingerprint density at radius 2 is 2.00 bits per heavy atom. The van der Waals surface area contributed by atoms with Crippen LogP contribution in [-0.4, -0.2) is 30.0 Å². The van der Waals surface area contributed by atoms with Crippen LogP contribution in [0.5, 0.6) is 0 Å². The van der Waals surface area contributed by atoms with Crippen molar-refractivity contribution in [2.75, 3.05) is 12.8 Å². The van der Waals surface area contributed by atoms with Crippen molar-refractivity contribution in [2.45, 2.75) is 43.4 Å². The Kier molecular flexibility index (Phi) is 5.92. The first-order chi connectivity index (χ1) is 9.74. The molecule has 0 saturated heterocycles. The van der Waals surface area contributed by atoms with Crippen LogP contribution in [0.15, 0.2) is 24.3 Å². The van der Waals surface area contributed by atoms with Gasteiger partial charge in [0.2, 0.25) is 0 Å². The first kappa shape index (κ1) is 15.4. The molecule has 1 aromatic carbocycles. The lowest BCUT2D eigenvalue weighted by atomic mass is 9.94. The van der Waals surface area contributed by atoms with Crippen molar-refractivity contribution < 1.29 is 4.79 Å². The van der Waals surface area contributed by atoms with Crippen molar-refractivity contribution in [3.8, 4) is 0 Å². The molecule has 3 N–H and O–H groups in total. The standard InChI is InChI=1S/C16H24N2OS/c1-20-15-5-3-2-4-14(15)18-16(19)13-8-6-12(7-9-13)10-11-17/h6-9,14-15H,2-5,10-11,17H2,1H3,(H,18,19). The quantitative estimate of drug-likeness (QED) is 0.877. The number of hydrogen-bond acceptors (Lipinski definition) is 3. The van der Waals surface area contributed by atoms with E-state index in [9.17, 15) is 4.79 Å². The first-order valence-corrected chi connectivity index (χ1v) is 8.66. The number of thioether (sulfide) groups is 1. The smallest absolute Gasteiger partial charge is 0.251 e. The van der Waals surface area contributed by atoms with Gasteiger partial charge in [-0.1, -0.05) is 25.0 Å². The molecule has 4 heteroatoms. The lowest BCUT2D eigenvalue weighted by Crippen LogP contribution is -2.43. The lowest BCUT2D eigenvalue weighted by molar-refractivity contribution is 0.0929. The minimum absolute atomic E-state index is 0.0512. The summed E-state index contributed by atoms with van der Waals surface area (Å²) in [5.74, 6) is 0.0512. The van der Waals surface area contributed by atoms with Gasteiger partial charge in [0.25, 0.3) is 5.91 Å². The van der Waals surface area contributed by atoms with Gasteiger partial charge in [-0.2, -0.15) is 11.8 Å². The summed E-state index contributed by atoms with van der Waals surface area (Å²) >= 11 is 1.87. The first-order valence-electron chi connectivity index (χ1n) is 7.37. The number of amides is 1. The Labute approximate surface area is 125 Å². The van der Waals surface area contributed by atoms with Gasteiger partial charge in [-0.05, 0) is 49.8 Å². The zero-order valence-corrected chi connectivity index (χ0v) is 12.9. The van der Waals surface area contributed by atoms with Gasteiger partial charge in [0.1, 0.15) is 0 Å². The molecule has 3 nitrogen and oxygen atoms in total. The molecule has 0 aliphatic heterocycles. The summed E-state index contributed by atoms with van der Waals surface area (Å²) in [6.45, 7) is 0.642. The van der Waals surface area contributed by atoms with Crippen LogP contribution >= 0.6 is 11.8 Å². The second-order valence-electron chi connectivity index (χ2n) is 5.37. The highest BCUT2D eigenvalue weighted by Crippen LogP contribution is 2.27. The fraction of sp³-hybridized carbons (Fsp3) is 0.562. The SMILES string of the molecule is CSC1CCCCC1NC(=O)c1ccc(CCN)cc1. The topological polar surface area (TPSA) is 55.1 Å². The molecular formula is C16H24N2OS. The Balaban J connectivity index is 1.96. The summed E-state index contributed by atoms with van der Waals surface area (Å²) in [7, 11) is 0. The number of nitrogens with two attached hydrogens (primary N) is 1. The summed E-state index contributed by atoms with van der Waals surface area (Å²) < 4.78 is 0. The molecule has 2 rings (SSSR count). The van der Waals surface area contributed by atoms with Crippen LogP contribution in [0.4, 0.5) is 0 Å². The van der Waals surface area contributed by atoms with Gasteiger partial charge in [0.15, 0.2) is 0 Å². The van der Waals surface area contributed by atoms with E-state index in [2.05, 4.69) is 11.6 Å². The fourth-order valence-corrected chi connectivity index (χ4v) is 3.72. The van der Waals surface area contributed by atoms with Gasteiger partial charge >= 0.3 is 0 Å². The summed E-state index contributed by atoms with van der Waals surface area (Å²) in [6, 6.07) is 8.10. The molecule has 0 spiro atoms. The molecular weight excluding hydrogens is 268 g/mol. The summed E-state index contributed by atoms with van der Waals surface area (Å²) in [4.78, 5) is 12.3. The predicted octanol–water partition coefficient (Wildman–Crippen LogP) is 2.59. The molecule has 0 heterocycles. The van der Waals surface area contributed by atoms with Crippen molar-refractivity contribution >= 4 is 17.7 Å². The average molecular weight is 292 g/mol. The minimum atomic E-state index is 0.0512. The molecule has 0 aromatic heterocycles. The summed E-state index contributed by atoms with van der Waals surface area (Å²) in [6.07, 6.45) is 7.81. The van der Waals surface area contributed by atoms with Gasteiger partial charge in [0.05, 0.1) is 0 Å². The maximum absolute atomic E-state index is 12.3. The maximum atomic E-state index is 12.3. The van der Waals surface area contributed by atoms with Gasteiger partial charge < -0.3 is 11.1 Å². The van der Waals surface area contributed by atoms with Crippen LogP contribution in [0.2, 0.25) is 0 Å². The van der Waals surface area contributed by atoms with Crippen molar-refractivity contribution in [1.29, 1.82) is 0 Å². The van der Waals surface area contributed by atoms with Crippen LogP contribution in [-0.2, 0) is 6.42 Å². The molecule has 1 aromatic rings. The largest absolute Gasteiger partial charge is 0.348 e. The Morgan fingerprint density at radius 3 is 2.65 bits per heavy atom. The van der Waals surface area contributed by atoms with Crippen molar-refractivity contribution in [1.82, 2.24) is 5.32 Å². The highest BCUT2D eigenvalue weighted by molar-refractivity contribution is 7.99. The Bertz CT molecular complexity index is 433. The number of rotatable bonds is 5. The molecule has 0 radical (unpaired) electrons. The number of nitrogens with one attached hydrogen (secondary N) is 1. The van der Waals surface area contributed by atoms with E-state index in [1.165, 1.54) is 24.8 Å². The summed E-state index contributed by atoms with van der Waals surface area (Å²) in [5, 5.41) is 3.76. The Hall–Kier alpha value is -1.00. The second-order valence-corrected chi connectivity index (χ2v) is 6.45. The van der Waals surface area contributed by atoms with E-state index < -0.39 is 0 Å². The monoisotopic (exact) mass is 292 g/mol. The van der Waals surface area contributed by atoms with E-state index in [1.807, 2.05) is 36.0 Å². The van der Waals surface area contributed by atoms with Crippen LogP contribution in [0, 0.1) is 0 Å². The third-order valence-corrected chi connectivity index (χ3v) is 5.14. The van der Waals surface area contributed by atoms with Crippen LogP contribution in [0.3, 0.4) is 0 Å². The van der Waals surface area contributed by atoms with Gasteiger partial charge in [-0.25, -0.2) is 0 Å². The minimum Gasteiger partial charge on any atom is -0.348 e. The third kappa shape index (κ3) is 4.00. The van der Waals surface area contributed by atoms with Gasteiger partial charge in [-0.15, -0.1) is 0 Å². The van der Waals surface area contributed by atoms with E-state index in [0.29, 0.717) is 17.8 Å². The normalized spacial score (nSPS) is 22.5. The van der Waals surface area contributed by atoms with Gasteiger partial charge in [-0.3, -0.25) is 4.79 Å². The number of benzene rings is 1. The van der Waals surface area contributed by atoms with E-state index >= 15 is 0 Å². The van der Waals surface area contributed by atoms with E-state index in [0.717, 1.165) is 18.4 Å². The number of carbonyl (C=O) groups is 1. The van der Waals surface area contributed by atoms with Gasteiger partial charge in [0, 0.05) is 16.9 Å². The molecule has 1 amide bonds. The molecule has 1 aliphatic rings. The highest BCUT2D eigenvalue weighted by atomic mass is 32.2. The van der Waals surface area contributed by atoms with E-state index in [4.69, 9.17) is 5.73 Å². The number of carbonyl (C=O) groups excluding carboxylic acids is 1. The molecule has 1 fully saturated rings. The van der Waals surface area contributed by atoms with Crippen molar-refractivity contribution in [2.24, 2.45) is 5.73 Å². The fourth-order valence-electron chi connectivity index (χ4n) is 2.79. The third-order valence-electron chi connectivity index (χ3n) is 3.97. The molecule has 0 bridgehead atoms. The Morgan fingerprint density at radius 1 is 1.30 bits per heavy atom. The average Bonchev–Trinajstić information content (AvgIpc) is 2.49. The zero-order valence-electron chi connectivity index (χ0n) is 12.1. The molecule has 1 aliphatic carbocycles. The molecule has 110 valence electrons. The zero-order chi connectivity index (χ0) is 14.4. The van der Waals surface area contributed by atoms with Crippen LogP contribution < -0.4 is 11.1 Å². The number of hydrogen-bond donors (Lipinski definition) is 2. The highest BCUT2D eigenvalue weighted by Gasteiger charge is 2.25. The van der Waals surface area contributed by atoms with Crippen molar-refractivity contribution in [3.05, 3.63) is 35.4 Å². The molecule has 2 unspecified atom stereocenters. The van der Waals surface area contributed by atoms with Crippen LogP contribution in [0.1, 0.15) is 41.6 Å². The maximum Gasteiger partial charge on any atom is 0.251 e. The van der Waals surface area contributed by atoms with E-state index in [-0.39, 0.29) is 5.91 Å². The van der Waals surface area contributed by atoms with Crippen molar-refractivity contribution in [3.63, 3.8) is 0 Å². The van der Waals surface area contributed by atoms with Crippen LogP contribution in [0.25, 0.3) is 0 Å². The molecule has 20 heavy (non-hydrogen) atoms. The van der Waals surface area contributed by atoms with E-state index in [1.54, 1.807) is 0 Å². The molecule has 2 atom stereocenters. The lowest BCUT2D eigenvalue weighted by Gasteiger charge is -2.30. The second kappa shape index (κ2) is 7.70. The molecule has 1 saturated carbocycles. The predicted molar refractivity (Wildman–Crippen MR) is 86.2 cm³/mol. The summed E-state index contributed by atoms with van der Waals surface area (Å²) in [5.41, 5.74) is 7.46.